The van der Waals surface area contributed by atoms with Crippen LogP contribution in [0.4, 0.5) is 5.82 Å². The Morgan fingerprint density at radius 3 is 2.19 bits per heavy atom. The van der Waals surface area contributed by atoms with Crippen molar-refractivity contribution >= 4 is 5.82 Å². The molecule has 2 unspecified atom stereocenters. The molecule has 1 fully saturated rings. The lowest BCUT2D eigenvalue weighted by molar-refractivity contribution is 0.0110. The van der Waals surface area contributed by atoms with Gasteiger partial charge >= 0.3 is 5.69 Å². The van der Waals surface area contributed by atoms with Crippen LogP contribution in [0.3, 0.4) is 0 Å². The number of hydrogen-bond donors (Lipinski definition) is 0. The molecule has 6 rings (SSSR count). The molecule has 0 saturated carbocycles. The van der Waals surface area contributed by atoms with Crippen LogP contribution in [0.15, 0.2) is 70.3 Å². The maximum atomic E-state index is 13.9. The van der Waals surface area contributed by atoms with Crippen molar-refractivity contribution in [2.24, 2.45) is 0 Å². The molecule has 3 aromatic rings. The number of nitrogens with zero attached hydrogens (tertiary/aromatic N) is 4. The zero-order valence-electron chi connectivity index (χ0n) is 17.9. The molecule has 0 radical (unpaired) electrons. The van der Waals surface area contributed by atoms with Gasteiger partial charge in [0.15, 0.2) is 0 Å². The van der Waals surface area contributed by atoms with Gasteiger partial charge in [-0.1, -0.05) is 48.5 Å². The summed E-state index contributed by atoms with van der Waals surface area (Å²) in [6.07, 6.45) is 0.819. The lowest BCUT2D eigenvalue weighted by atomic mass is 9.89. The summed E-state index contributed by atoms with van der Waals surface area (Å²) in [4.78, 5) is 32.1. The molecule has 164 valence electrons. The number of hydrogen-bond acceptors (Lipinski definition) is 5. The van der Waals surface area contributed by atoms with Crippen molar-refractivity contribution in [3.63, 3.8) is 0 Å². The Balaban J connectivity index is 1.59. The van der Waals surface area contributed by atoms with Gasteiger partial charge in [-0.15, -0.1) is 0 Å². The highest BCUT2D eigenvalue weighted by atomic mass is 16.5. The average molecular weight is 431 g/mol. The van der Waals surface area contributed by atoms with Gasteiger partial charge in [0.2, 0.25) is 0 Å². The highest BCUT2D eigenvalue weighted by Crippen LogP contribution is 2.46. The van der Waals surface area contributed by atoms with E-state index >= 15 is 0 Å². The first kappa shape index (κ1) is 19.5. The number of ether oxygens (including phenoxy) is 1. The molecular weight excluding hydrogens is 404 g/mol. The molecule has 0 amide bonds. The highest BCUT2D eigenvalue weighted by molar-refractivity contribution is 5.57. The van der Waals surface area contributed by atoms with E-state index in [1.807, 2.05) is 41.0 Å². The third-order valence-electron chi connectivity index (χ3n) is 7.03. The SMILES string of the molecule is O=c1c2c3n(c(=O)n1-c1ccccc1)CCN3C(c1ccccc1)CC2N1CCOCC1. The summed E-state index contributed by atoms with van der Waals surface area (Å²) in [5.74, 6) is 0.809. The smallest absolute Gasteiger partial charge is 0.337 e. The number of morpholine rings is 1. The van der Waals surface area contributed by atoms with E-state index in [2.05, 4.69) is 34.1 Å². The Morgan fingerprint density at radius 1 is 0.781 bits per heavy atom. The van der Waals surface area contributed by atoms with Crippen LogP contribution in [0.25, 0.3) is 5.69 Å². The quantitative estimate of drug-likeness (QED) is 0.638. The zero-order valence-corrected chi connectivity index (χ0v) is 17.9. The third-order valence-corrected chi connectivity index (χ3v) is 7.03. The van der Waals surface area contributed by atoms with Crippen molar-refractivity contribution in [3.05, 3.63) is 92.6 Å². The van der Waals surface area contributed by atoms with E-state index in [9.17, 15) is 9.59 Å². The number of para-hydroxylation sites is 1. The standard InChI is InChI=1S/C25H26N4O3/c30-24-22-21(26-13-15-32-16-14-26)17-20(18-7-3-1-4-8-18)27-11-12-28(23(22)27)25(31)29(24)19-9-5-2-6-10-19/h1-10,20-21H,11-17H2. The van der Waals surface area contributed by atoms with Crippen LogP contribution in [-0.2, 0) is 11.3 Å². The number of anilines is 1. The fourth-order valence-electron chi connectivity index (χ4n) is 5.55. The average Bonchev–Trinajstić information content (AvgIpc) is 3.30. The lowest BCUT2D eigenvalue weighted by Gasteiger charge is -2.44. The maximum absolute atomic E-state index is 13.9. The minimum atomic E-state index is -0.253. The van der Waals surface area contributed by atoms with Crippen LogP contribution < -0.4 is 16.1 Å². The molecule has 7 heteroatoms. The summed E-state index contributed by atoms with van der Waals surface area (Å²) >= 11 is 0. The first-order chi connectivity index (χ1) is 15.7. The Kier molecular flexibility index (Phi) is 4.73. The Morgan fingerprint density at radius 2 is 1.47 bits per heavy atom. The molecule has 0 spiro atoms. The Hall–Kier alpha value is -3.16. The molecule has 3 aliphatic heterocycles. The molecule has 7 nitrogen and oxygen atoms in total. The summed E-state index contributed by atoms with van der Waals surface area (Å²) in [5.41, 5.74) is 2.15. The first-order valence-corrected chi connectivity index (χ1v) is 11.3. The van der Waals surface area contributed by atoms with Gasteiger partial charge in [0.1, 0.15) is 5.82 Å². The van der Waals surface area contributed by atoms with Gasteiger partial charge in [0.05, 0.1) is 30.5 Å². The summed E-state index contributed by atoms with van der Waals surface area (Å²) in [6, 6.07) is 19.8. The van der Waals surface area contributed by atoms with E-state index in [1.54, 1.807) is 0 Å². The monoisotopic (exact) mass is 430 g/mol. The molecule has 2 atom stereocenters. The molecule has 1 aromatic heterocycles. The van der Waals surface area contributed by atoms with E-state index in [-0.39, 0.29) is 23.3 Å². The van der Waals surface area contributed by atoms with Gasteiger partial charge in [0, 0.05) is 32.2 Å². The first-order valence-electron chi connectivity index (χ1n) is 11.3. The number of benzene rings is 2. The van der Waals surface area contributed by atoms with E-state index in [1.165, 1.54) is 10.1 Å². The van der Waals surface area contributed by atoms with Gasteiger partial charge in [-0.05, 0) is 24.1 Å². The van der Waals surface area contributed by atoms with Gasteiger partial charge in [0.25, 0.3) is 5.56 Å². The summed E-state index contributed by atoms with van der Waals surface area (Å²) in [6.45, 7) is 4.23. The second kappa shape index (κ2) is 7.76. The number of rotatable bonds is 3. The van der Waals surface area contributed by atoms with Gasteiger partial charge in [-0.25, -0.2) is 9.36 Å². The third kappa shape index (κ3) is 2.96. The van der Waals surface area contributed by atoms with Gasteiger partial charge in [-0.2, -0.15) is 0 Å². The molecule has 0 bridgehead atoms. The highest BCUT2D eigenvalue weighted by Gasteiger charge is 2.43. The van der Waals surface area contributed by atoms with Crippen molar-refractivity contribution in [1.82, 2.24) is 14.0 Å². The normalized spacial score (nSPS) is 22.7. The van der Waals surface area contributed by atoms with Crippen molar-refractivity contribution in [2.45, 2.75) is 25.0 Å². The van der Waals surface area contributed by atoms with E-state index < -0.39 is 0 Å². The minimum absolute atomic E-state index is 0.0530. The van der Waals surface area contributed by atoms with Crippen LogP contribution in [0.2, 0.25) is 0 Å². The molecule has 3 aliphatic rings. The molecule has 0 aliphatic carbocycles. The largest absolute Gasteiger partial charge is 0.379 e. The van der Waals surface area contributed by atoms with Crippen molar-refractivity contribution in [3.8, 4) is 5.69 Å². The maximum Gasteiger partial charge on any atom is 0.337 e. The van der Waals surface area contributed by atoms with Crippen molar-refractivity contribution in [1.29, 1.82) is 0 Å². The van der Waals surface area contributed by atoms with Crippen molar-refractivity contribution < 1.29 is 4.74 Å². The minimum Gasteiger partial charge on any atom is -0.379 e. The van der Waals surface area contributed by atoms with Crippen LogP contribution in [-0.4, -0.2) is 46.9 Å². The van der Waals surface area contributed by atoms with Crippen LogP contribution >= 0.6 is 0 Å². The molecule has 1 saturated heterocycles. The lowest BCUT2D eigenvalue weighted by Crippen LogP contribution is -2.49. The molecule has 0 N–H and O–H groups in total. The summed E-state index contributed by atoms with van der Waals surface area (Å²) < 4.78 is 8.77. The topological polar surface area (TPSA) is 59.7 Å². The van der Waals surface area contributed by atoms with Crippen LogP contribution in [0.5, 0.6) is 0 Å². The van der Waals surface area contributed by atoms with Gasteiger partial charge < -0.3 is 9.64 Å². The van der Waals surface area contributed by atoms with Gasteiger partial charge in [-0.3, -0.25) is 14.3 Å². The van der Waals surface area contributed by atoms with Crippen molar-refractivity contribution in [2.75, 3.05) is 37.7 Å². The predicted octanol–water partition coefficient (Wildman–Crippen LogP) is 2.34. The van der Waals surface area contributed by atoms with E-state index in [0.29, 0.717) is 25.4 Å². The molecule has 32 heavy (non-hydrogen) atoms. The Labute approximate surface area is 186 Å². The second-order valence-corrected chi connectivity index (χ2v) is 8.67. The fraction of sp³-hybridized carbons (Fsp3) is 0.360. The molecule has 2 aromatic carbocycles. The van der Waals surface area contributed by atoms with E-state index in [0.717, 1.165) is 37.4 Å². The zero-order chi connectivity index (χ0) is 21.7. The number of aromatic nitrogens is 2. The second-order valence-electron chi connectivity index (χ2n) is 8.67. The predicted molar refractivity (Wildman–Crippen MR) is 123 cm³/mol. The Bertz CT molecular complexity index is 1250. The molecular formula is C25H26N4O3. The van der Waals surface area contributed by atoms with Crippen LogP contribution in [0, 0.1) is 0 Å². The summed E-state index contributed by atoms with van der Waals surface area (Å²) in [5, 5.41) is 0. The fourth-order valence-corrected chi connectivity index (χ4v) is 5.55. The molecule has 4 heterocycles. The summed E-state index contributed by atoms with van der Waals surface area (Å²) in [7, 11) is 0. The van der Waals surface area contributed by atoms with E-state index in [4.69, 9.17) is 4.74 Å². The van der Waals surface area contributed by atoms with Crippen LogP contribution in [0.1, 0.15) is 29.6 Å².